The zero-order valence-electron chi connectivity index (χ0n) is 26.8. The van der Waals surface area contributed by atoms with E-state index in [2.05, 4.69) is 58.8 Å². The number of hydrogen-bond acceptors (Lipinski definition) is 8. The Labute approximate surface area is 261 Å². The number of nitrogens with one attached hydrogen (secondary N) is 3. The maximum atomic E-state index is 13.0. The molecule has 1 amide bonds. The predicted octanol–water partition coefficient (Wildman–Crippen LogP) is 6.60. The molecule has 3 atom stereocenters. The van der Waals surface area contributed by atoms with Gasteiger partial charge in [-0.15, -0.1) is 0 Å². The zero-order chi connectivity index (χ0) is 30.9. The molecule has 3 aromatic rings. The second-order valence-corrected chi connectivity index (χ2v) is 13.0. The van der Waals surface area contributed by atoms with Crippen molar-refractivity contribution in [2.45, 2.75) is 83.7 Å². The summed E-state index contributed by atoms with van der Waals surface area (Å²) in [6.07, 6.45) is 10.4. The van der Waals surface area contributed by atoms with Crippen LogP contribution in [0, 0.1) is 11.8 Å². The molecular weight excluding hydrogens is 554 g/mol. The van der Waals surface area contributed by atoms with Crippen LogP contribution in [0.15, 0.2) is 47.0 Å². The molecule has 0 radical (unpaired) electrons. The van der Waals surface area contributed by atoms with Crippen LogP contribution in [0.2, 0.25) is 0 Å². The van der Waals surface area contributed by atoms with Crippen LogP contribution in [0.4, 0.5) is 11.8 Å². The molecule has 0 spiro atoms. The normalized spacial score (nSPS) is 20.3. The van der Waals surface area contributed by atoms with Gasteiger partial charge in [0.1, 0.15) is 17.3 Å². The van der Waals surface area contributed by atoms with E-state index in [1.165, 1.54) is 5.56 Å². The Balaban J connectivity index is 1.08. The third-order valence-corrected chi connectivity index (χ3v) is 9.38. The lowest BCUT2D eigenvalue weighted by Crippen LogP contribution is -2.33. The number of carbonyl (C=O) groups excluding carboxylic acids is 1. The SMILES string of the molecule is CCC(C)(C)c1ccc(OC)c(Cc2ccc(C(=O)NCC3CCCC(CNc4nccc(NCC5CCCO5)n4)C3)o2)c1. The Morgan fingerprint density at radius 3 is 2.64 bits per heavy atom. The average Bonchev–Trinajstić information content (AvgIpc) is 3.75. The Hall–Kier alpha value is -3.59. The minimum Gasteiger partial charge on any atom is -0.496 e. The van der Waals surface area contributed by atoms with Crippen LogP contribution >= 0.6 is 0 Å². The highest BCUT2D eigenvalue weighted by molar-refractivity contribution is 5.91. The first-order valence-electron chi connectivity index (χ1n) is 16.3. The molecule has 1 saturated heterocycles. The lowest BCUT2D eigenvalue weighted by molar-refractivity contribution is 0.0911. The van der Waals surface area contributed by atoms with Crippen LogP contribution in [0.1, 0.15) is 93.2 Å². The molecular formula is C35H49N5O4. The first-order valence-corrected chi connectivity index (χ1v) is 16.3. The number of nitrogens with zero attached hydrogens (tertiary/aromatic N) is 2. The fourth-order valence-corrected chi connectivity index (χ4v) is 6.22. The van der Waals surface area contributed by atoms with Gasteiger partial charge in [0.15, 0.2) is 5.76 Å². The van der Waals surface area contributed by atoms with E-state index in [0.29, 0.717) is 36.5 Å². The zero-order valence-corrected chi connectivity index (χ0v) is 26.8. The maximum absolute atomic E-state index is 13.0. The molecule has 5 rings (SSSR count). The topological polar surface area (TPSA) is 111 Å². The van der Waals surface area contributed by atoms with Crippen molar-refractivity contribution in [3.63, 3.8) is 0 Å². The van der Waals surface area contributed by atoms with Gasteiger partial charge in [0.05, 0.1) is 13.2 Å². The third-order valence-electron chi connectivity index (χ3n) is 9.38. The van der Waals surface area contributed by atoms with Gasteiger partial charge >= 0.3 is 0 Å². The Kier molecular flexibility index (Phi) is 10.8. The molecule has 3 heterocycles. The lowest BCUT2D eigenvalue weighted by Gasteiger charge is -2.29. The number of anilines is 2. The summed E-state index contributed by atoms with van der Waals surface area (Å²) in [6.45, 7) is 9.78. The smallest absolute Gasteiger partial charge is 0.287 e. The monoisotopic (exact) mass is 603 g/mol. The number of benzene rings is 1. The van der Waals surface area contributed by atoms with E-state index >= 15 is 0 Å². The van der Waals surface area contributed by atoms with Crippen LogP contribution in [-0.2, 0) is 16.6 Å². The van der Waals surface area contributed by atoms with E-state index in [4.69, 9.17) is 13.9 Å². The van der Waals surface area contributed by atoms with Crippen LogP contribution < -0.4 is 20.7 Å². The molecule has 1 aliphatic carbocycles. The molecule has 1 saturated carbocycles. The molecule has 2 aromatic heterocycles. The summed E-state index contributed by atoms with van der Waals surface area (Å²) < 4.78 is 17.3. The van der Waals surface area contributed by atoms with Crippen molar-refractivity contribution in [1.82, 2.24) is 15.3 Å². The molecule has 0 bridgehead atoms. The third kappa shape index (κ3) is 8.52. The minimum atomic E-state index is -0.162. The predicted molar refractivity (Wildman–Crippen MR) is 174 cm³/mol. The fourth-order valence-electron chi connectivity index (χ4n) is 6.22. The van der Waals surface area contributed by atoms with E-state index < -0.39 is 0 Å². The Morgan fingerprint density at radius 2 is 1.86 bits per heavy atom. The summed E-state index contributed by atoms with van der Waals surface area (Å²) in [6, 6.07) is 11.9. The standard InChI is InChI=1S/C35H49N5O4/c1-5-35(2,3)27-11-13-30(42-4)26(19-27)20-28-12-14-31(44-28)33(41)38-21-24-8-6-9-25(18-24)22-39-34-36-16-15-32(40-34)37-23-29-10-7-17-43-29/h11-16,19,24-25,29H,5-10,17-18,20-23H2,1-4H3,(H,38,41)(H2,36,37,39,40). The number of hydrogen-bond donors (Lipinski definition) is 3. The van der Waals surface area contributed by atoms with Crippen LogP contribution in [0.25, 0.3) is 0 Å². The van der Waals surface area contributed by atoms with E-state index in [9.17, 15) is 4.79 Å². The summed E-state index contributed by atoms with van der Waals surface area (Å²) in [4.78, 5) is 22.0. The van der Waals surface area contributed by atoms with Crippen molar-refractivity contribution in [3.05, 3.63) is 65.2 Å². The maximum Gasteiger partial charge on any atom is 0.287 e. The van der Waals surface area contributed by atoms with E-state index in [1.54, 1.807) is 19.4 Å². The summed E-state index contributed by atoms with van der Waals surface area (Å²) in [5.74, 6) is 4.17. The molecule has 1 aromatic carbocycles. The quantitative estimate of drug-likeness (QED) is 0.189. The summed E-state index contributed by atoms with van der Waals surface area (Å²) in [7, 11) is 1.69. The van der Waals surface area contributed by atoms with Crippen molar-refractivity contribution in [3.8, 4) is 5.75 Å². The Morgan fingerprint density at radius 1 is 1.02 bits per heavy atom. The highest BCUT2D eigenvalue weighted by Crippen LogP contribution is 2.32. The number of rotatable bonds is 14. The second-order valence-electron chi connectivity index (χ2n) is 13.0. The first-order chi connectivity index (χ1) is 21.3. The fraction of sp³-hybridized carbons (Fsp3) is 0.571. The van der Waals surface area contributed by atoms with E-state index in [-0.39, 0.29) is 17.4 Å². The van der Waals surface area contributed by atoms with Gasteiger partial charge in [-0.2, -0.15) is 4.98 Å². The Bertz CT molecular complexity index is 1370. The van der Waals surface area contributed by atoms with Gasteiger partial charge in [-0.3, -0.25) is 4.79 Å². The summed E-state index contributed by atoms with van der Waals surface area (Å²) in [5.41, 5.74) is 2.40. The highest BCUT2D eigenvalue weighted by atomic mass is 16.5. The van der Waals surface area contributed by atoms with Gasteiger partial charge in [0.2, 0.25) is 5.95 Å². The van der Waals surface area contributed by atoms with Crippen molar-refractivity contribution < 1.29 is 18.7 Å². The van der Waals surface area contributed by atoms with Gasteiger partial charge < -0.3 is 29.8 Å². The summed E-state index contributed by atoms with van der Waals surface area (Å²) in [5, 5.41) is 9.93. The molecule has 2 fully saturated rings. The first kappa shape index (κ1) is 31.8. The molecule has 238 valence electrons. The second kappa shape index (κ2) is 14.9. The summed E-state index contributed by atoms with van der Waals surface area (Å²) >= 11 is 0. The molecule has 9 nitrogen and oxygen atoms in total. The number of methoxy groups -OCH3 is 1. The molecule has 44 heavy (non-hydrogen) atoms. The van der Waals surface area contributed by atoms with Gasteiger partial charge in [0, 0.05) is 44.4 Å². The van der Waals surface area contributed by atoms with E-state index in [1.807, 2.05) is 18.2 Å². The molecule has 2 aliphatic rings. The molecule has 3 unspecified atom stereocenters. The largest absolute Gasteiger partial charge is 0.496 e. The van der Waals surface area contributed by atoms with Crippen LogP contribution in [0.3, 0.4) is 0 Å². The number of ether oxygens (including phenoxy) is 2. The number of furan rings is 1. The van der Waals surface area contributed by atoms with Gasteiger partial charge in [-0.05, 0) is 85.6 Å². The van der Waals surface area contributed by atoms with Crippen molar-refractivity contribution >= 4 is 17.7 Å². The van der Waals surface area contributed by atoms with Crippen LogP contribution in [0.5, 0.6) is 5.75 Å². The highest BCUT2D eigenvalue weighted by Gasteiger charge is 2.24. The minimum absolute atomic E-state index is 0.0736. The van der Waals surface area contributed by atoms with Crippen LogP contribution in [-0.4, -0.2) is 55.3 Å². The molecule has 9 heteroatoms. The van der Waals surface area contributed by atoms with Gasteiger partial charge in [-0.25, -0.2) is 4.98 Å². The van der Waals surface area contributed by atoms with Gasteiger partial charge in [-0.1, -0.05) is 39.3 Å². The molecule has 1 aliphatic heterocycles. The van der Waals surface area contributed by atoms with Crippen molar-refractivity contribution in [1.29, 1.82) is 0 Å². The average molecular weight is 604 g/mol. The van der Waals surface area contributed by atoms with Crippen molar-refractivity contribution in [2.75, 3.05) is 44.0 Å². The van der Waals surface area contributed by atoms with Gasteiger partial charge in [0.25, 0.3) is 5.91 Å². The molecule has 3 N–H and O–H groups in total. The van der Waals surface area contributed by atoms with E-state index in [0.717, 1.165) is 87.5 Å². The van der Waals surface area contributed by atoms with Crippen molar-refractivity contribution in [2.24, 2.45) is 11.8 Å². The number of carbonyl (C=O) groups is 1. The lowest BCUT2D eigenvalue weighted by atomic mass is 9.81. The number of aromatic nitrogens is 2. The number of amides is 1.